The van der Waals surface area contributed by atoms with E-state index in [0.717, 1.165) is 32.4 Å². The molecule has 7 rings (SSSR count). The highest BCUT2D eigenvalue weighted by Gasteiger charge is 2.36. The number of hydrogen-bond acceptors (Lipinski definition) is 15. The van der Waals surface area contributed by atoms with Crippen LogP contribution < -0.4 is 20.4 Å². The van der Waals surface area contributed by atoms with Gasteiger partial charge in [-0.25, -0.2) is 9.59 Å². The molecule has 19 nitrogen and oxygen atoms in total. The highest BCUT2D eigenvalue weighted by molar-refractivity contribution is 7.86. The normalized spacial score (nSPS) is 18.1. The van der Waals surface area contributed by atoms with Crippen molar-refractivity contribution in [1.29, 1.82) is 10.8 Å². The van der Waals surface area contributed by atoms with Crippen molar-refractivity contribution in [3.05, 3.63) is 131 Å². The third-order valence-electron chi connectivity index (χ3n) is 10.7. The molecular formula is C45H50N8O11S. The first-order valence-electron chi connectivity index (χ1n) is 20.5. The first kappa shape index (κ1) is 47.5. The van der Waals surface area contributed by atoms with Crippen molar-refractivity contribution in [2.24, 2.45) is 0 Å². The van der Waals surface area contributed by atoms with Crippen LogP contribution in [0.2, 0.25) is 0 Å². The number of amides is 4. The summed E-state index contributed by atoms with van der Waals surface area (Å²) in [6.07, 6.45) is -1.07. The maximum absolute atomic E-state index is 12.5. The number of hydrogen-bond donors (Lipinski definition) is 4. The van der Waals surface area contributed by atoms with Gasteiger partial charge >= 0.3 is 18.2 Å². The molecule has 0 aliphatic carbocycles. The van der Waals surface area contributed by atoms with Crippen molar-refractivity contribution in [1.82, 2.24) is 20.4 Å². The van der Waals surface area contributed by atoms with E-state index in [0.29, 0.717) is 46.7 Å². The fourth-order valence-electron chi connectivity index (χ4n) is 7.10. The van der Waals surface area contributed by atoms with E-state index in [1.165, 1.54) is 12.0 Å². The topological polar surface area (TPSA) is 241 Å². The number of amidine groups is 2. The van der Waals surface area contributed by atoms with E-state index < -0.39 is 34.3 Å². The van der Waals surface area contributed by atoms with E-state index in [1.54, 1.807) is 108 Å². The summed E-state index contributed by atoms with van der Waals surface area (Å²) in [7, 11) is -2.22. The maximum atomic E-state index is 12.5. The molecule has 3 heterocycles. The molecule has 4 aromatic rings. The Morgan fingerprint density at radius 2 is 1.11 bits per heavy atom. The van der Waals surface area contributed by atoms with Crippen LogP contribution in [0.15, 0.2) is 109 Å². The lowest BCUT2D eigenvalue weighted by Crippen LogP contribution is -2.53. The van der Waals surface area contributed by atoms with Crippen LogP contribution in [0.3, 0.4) is 0 Å². The van der Waals surface area contributed by atoms with Gasteiger partial charge < -0.3 is 24.8 Å². The molecule has 3 saturated heterocycles. The van der Waals surface area contributed by atoms with Gasteiger partial charge in [0.05, 0.1) is 26.5 Å². The quantitative estimate of drug-likeness (QED) is 0.0493. The number of ether oxygens (including phenoxy) is 3. The largest absolute Gasteiger partial charge is 0.468 e. The monoisotopic (exact) mass is 910 g/mol. The predicted molar refractivity (Wildman–Crippen MR) is 240 cm³/mol. The average molecular weight is 911 g/mol. The van der Waals surface area contributed by atoms with Gasteiger partial charge in [0.15, 0.2) is 0 Å². The van der Waals surface area contributed by atoms with Crippen LogP contribution in [0.25, 0.3) is 0 Å². The summed E-state index contributed by atoms with van der Waals surface area (Å²) < 4.78 is 42.3. The second-order valence-corrected chi connectivity index (χ2v) is 16.9. The van der Waals surface area contributed by atoms with Gasteiger partial charge in [-0.2, -0.15) is 8.42 Å². The molecule has 3 unspecified atom stereocenters. The SMILES string of the molecule is COC(=O)C(C)N1CCN(CC2CN(c3ccc(C(=N)NC(=O)c4ccccc4)cc3)C(=O)O2)CC1.CS(=O)(=O)OCC1CN(c2ccc(C(=N)NC(=O)c3ccccc3)cc2)C(=O)O1. The van der Waals surface area contributed by atoms with Crippen LogP contribution in [0, 0.1) is 10.8 Å². The van der Waals surface area contributed by atoms with Crippen molar-refractivity contribution >= 4 is 63.1 Å². The first-order chi connectivity index (χ1) is 31.1. The number of benzene rings is 4. The van der Waals surface area contributed by atoms with E-state index in [4.69, 9.17) is 25.0 Å². The van der Waals surface area contributed by atoms with Crippen LogP contribution in [0.4, 0.5) is 21.0 Å². The molecule has 4 N–H and O–H groups in total. The maximum Gasteiger partial charge on any atom is 0.414 e. The van der Waals surface area contributed by atoms with E-state index in [-0.39, 0.29) is 48.8 Å². The zero-order chi connectivity index (χ0) is 46.7. The summed E-state index contributed by atoms with van der Waals surface area (Å²) in [6.45, 7) is 5.83. The van der Waals surface area contributed by atoms with Gasteiger partial charge in [0, 0.05) is 66.4 Å². The fourth-order valence-corrected chi connectivity index (χ4v) is 7.50. The number of cyclic esters (lactones) is 2. The number of nitrogens with one attached hydrogen (secondary N) is 4. The molecule has 0 bridgehead atoms. The molecule has 4 aromatic carbocycles. The number of carbonyl (C=O) groups excluding carboxylic acids is 5. The summed E-state index contributed by atoms with van der Waals surface area (Å²) >= 11 is 0. The average Bonchev–Trinajstić information content (AvgIpc) is 3.88. The number of anilines is 2. The number of nitrogens with zero attached hydrogens (tertiary/aromatic N) is 4. The Bertz CT molecular complexity index is 2470. The molecule has 65 heavy (non-hydrogen) atoms. The summed E-state index contributed by atoms with van der Waals surface area (Å²) in [5, 5.41) is 21.4. The zero-order valence-electron chi connectivity index (χ0n) is 36.0. The van der Waals surface area contributed by atoms with Crippen molar-refractivity contribution in [3.8, 4) is 0 Å². The third kappa shape index (κ3) is 13.0. The zero-order valence-corrected chi connectivity index (χ0v) is 36.8. The van der Waals surface area contributed by atoms with Crippen molar-refractivity contribution in [3.63, 3.8) is 0 Å². The third-order valence-corrected chi connectivity index (χ3v) is 11.2. The Kier molecular flexibility index (Phi) is 15.8. The van der Waals surface area contributed by atoms with Gasteiger partial charge in [-0.1, -0.05) is 36.4 Å². The summed E-state index contributed by atoms with van der Waals surface area (Å²) in [6, 6.07) is 30.3. The van der Waals surface area contributed by atoms with Crippen LogP contribution in [-0.2, 0) is 33.3 Å². The Hall–Kier alpha value is -7.00. The highest BCUT2D eigenvalue weighted by atomic mass is 32.2. The Morgan fingerprint density at radius 1 is 0.677 bits per heavy atom. The second-order valence-electron chi connectivity index (χ2n) is 15.2. The molecule has 4 amide bonds. The van der Waals surface area contributed by atoms with Gasteiger partial charge in [0.2, 0.25) is 0 Å². The van der Waals surface area contributed by atoms with E-state index in [1.807, 2.05) is 13.0 Å². The lowest BCUT2D eigenvalue weighted by molar-refractivity contribution is -0.147. The second kappa shape index (κ2) is 21.6. The smallest absolute Gasteiger partial charge is 0.414 e. The lowest BCUT2D eigenvalue weighted by atomic mass is 10.1. The molecule has 0 saturated carbocycles. The number of rotatable bonds is 13. The Balaban J connectivity index is 0.000000221. The Morgan fingerprint density at radius 3 is 1.54 bits per heavy atom. The van der Waals surface area contributed by atoms with Crippen LogP contribution in [-0.4, -0.2) is 144 Å². The van der Waals surface area contributed by atoms with E-state index in [2.05, 4.69) is 24.6 Å². The molecular weight excluding hydrogens is 861 g/mol. The fraction of sp³-hybridized carbons (Fsp3) is 0.311. The van der Waals surface area contributed by atoms with Gasteiger partial charge in [-0.05, 0) is 79.7 Å². The molecule has 3 aliphatic heterocycles. The van der Waals surface area contributed by atoms with Gasteiger partial charge in [0.1, 0.15) is 36.5 Å². The van der Waals surface area contributed by atoms with Crippen molar-refractivity contribution in [2.45, 2.75) is 25.2 Å². The molecule has 0 spiro atoms. The number of piperazine rings is 1. The van der Waals surface area contributed by atoms with Crippen molar-refractivity contribution < 1.29 is 50.8 Å². The highest BCUT2D eigenvalue weighted by Crippen LogP contribution is 2.24. The standard InChI is InChI=1S/C26H31N5O5.C19H19N3O6S/c1-18(25(33)35-2)30-14-12-29(13-15-30)16-22-17-31(26(34)36-22)21-10-8-19(9-11-21)23(27)28-24(32)20-6-4-3-5-7-20;1-29(25,26)27-12-16-11-22(19(24)28-16)15-9-7-13(8-10-15)17(20)21-18(23)14-5-3-2-4-6-14/h3-11,18,22H,12-17H2,1-2H3,(H2,27,28,32);2-10,16H,11-12H2,1H3,(H2,20,21,23). The van der Waals surface area contributed by atoms with E-state index >= 15 is 0 Å². The molecule has 20 heteroatoms. The molecule has 342 valence electrons. The summed E-state index contributed by atoms with van der Waals surface area (Å²) in [5.74, 6) is -1.07. The number of carbonyl (C=O) groups is 5. The number of esters is 1. The molecule has 0 radical (unpaired) electrons. The lowest BCUT2D eigenvalue weighted by Gasteiger charge is -2.37. The Labute approximate surface area is 376 Å². The summed E-state index contributed by atoms with van der Waals surface area (Å²) in [5.41, 5.74) is 3.10. The van der Waals surface area contributed by atoms with Crippen LogP contribution in [0.5, 0.6) is 0 Å². The minimum absolute atomic E-state index is 0.0158. The number of methoxy groups -OCH3 is 1. The van der Waals surface area contributed by atoms with E-state index in [9.17, 15) is 32.4 Å². The molecule has 0 aromatic heterocycles. The predicted octanol–water partition coefficient (Wildman–Crippen LogP) is 3.69. The summed E-state index contributed by atoms with van der Waals surface area (Å²) in [4.78, 5) is 68.0. The minimum Gasteiger partial charge on any atom is -0.468 e. The van der Waals surface area contributed by atoms with Crippen LogP contribution >= 0.6 is 0 Å². The van der Waals surface area contributed by atoms with Gasteiger partial charge in [-0.15, -0.1) is 0 Å². The van der Waals surface area contributed by atoms with Crippen LogP contribution in [0.1, 0.15) is 38.8 Å². The minimum atomic E-state index is -3.62. The van der Waals surface area contributed by atoms with Crippen molar-refractivity contribution in [2.75, 3.05) is 75.6 Å². The van der Waals surface area contributed by atoms with Gasteiger partial charge in [-0.3, -0.25) is 49.0 Å². The van der Waals surface area contributed by atoms with Gasteiger partial charge in [0.25, 0.3) is 21.9 Å². The molecule has 3 aliphatic rings. The first-order valence-corrected chi connectivity index (χ1v) is 22.4. The molecule has 3 atom stereocenters. The molecule has 3 fully saturated rings.